The molecule has 0 bridgehead atoms. The topological polar surface area (TPSA) is 106 Å². The fourth-order valence-corrected chi connectivity index (χ4v) is 2.59. The third-order valence-electron chi connectivity index (χ3n) is 3.59. The smallest absolute Gasteiger partial charge is 0.305 e. The third kappa shape index (κ3) is 2.92. The Labute approximate surface area is 104 Å². The number of likely N-dealkylation sites (tertiary alicyclic amines) is 1. The van der Waals surface area contributed by atoms with Gasteiger partial charge in [0.1, 0.15) is 0 Å². The summed E-state index contributed by atoms with van der Waals surface area (Å²) < 4.78 is 0. The molecule has 0 radical (unpaired) electrons. The second kappa shape index (κ2) is 5.27. The SMILES string of the molecule is [N-]=[N+]=NCC1CC(=O)N(C(CC(=O)O)C2CC2)C1. The van der Waals surface area contributed by atoms with E-state index in [2.05, 4.69) is 10.0 Å². The molecule has 7 nitrogen and oxygen atoms in total. The number of nitrogens with zero attached hydrogens (tertiary/aromatic N) is 4. The van der Waals surface area contributed by atoms with Crippen LogP contribution in [0.5, 0.6) is 0 Å². The lowest BCUT2D eigenvalue weighted by Crippen LogP contribution is -2.39. The number of carbonyl (C=O) groups excluding carboxylic acids is 1. The van der Waals surface area contributed by atoms with E-state index in [1.54, 1.807) is 4.90 Å². The molecule has 1 heterocycles. The molecule has 1 N–H and O–H groups in total. The highest BCUT2D eigenvalue weighted by Crippen LogP contribution is 2.39. The highest BCUT2D eigenvalue weighted by Gasteiger charge is 2.42. The van der Waals surface area contributed by atoms with Crippen LogP contribution in [0.2, 0.25) is 0 Å². The third-order valence-corrected chi connectivity index (χ3v) is 3.59. The molecule has 0 aromatic carbocycles. The summed E-state index contributed by atoms with van der Waals surface area (Å²) in [4.78, 5) is 27.1. The second-order valence-electron chi connectivity index (χ2n) is 5.03. The number of carboxylic acid groups (broad SMARTS) is 1. The fraction of sp³-hybridized carbons (Fsp3) is 0.818. The van der Waals surface area contributed by atoms with Crippen LogP contribution in [0.15, 0.2) is 5.11 Å². The van der Waals surface area contributed by atoms with Crippen molar-refractivity contribution >= 4 is 11.9 Å². The number of carbonyl (C=O) groups is 2. The van der Waals surface area contributed by atoms with Gasteiger partial charge < -0.3 is 10.0 Å². The molecule has 0 spiro atoms. The van der Waals surface area contributed by atoms with E-state index < -0.39 is 5.97 Å². The molecule has 2 unspecified atom stereocenters. The fourth-order valence-electron chi connectivity index (χ4n) is 2.59. The van der Waals surface area contributed by atoms with Crippen LogP contribution in [0, 0.1) is 11.8 Å². The summed E-state index contributed by atoms with van der Waals surface area (Å²) in [5.74, 6) is -0.504. The van der Waals surface area contributed by atoms with E-state index in [1.807, 2.05) is 0 Å². The normalized spacial score (nSPS) is 24.8. The first-order chi connectivity index (χ1) is 8.61. The number of rotatable bonds is 6. The van der Waals surface area contributed by atoms with Crippen molar-refractivity contribution in [2.45, 2.75) is 31.7 Å². The predicted molar refractivity (Wildman–Crippen MR) is 62.6 cm³/mol. The van der Waals surface area contributed by atoms with Crippen molar-refractivity contribution in [2.75, 3.05) is 13.1 Å². The van der Waals surface area contributed by atoms with Crippen molar-refractivity contribution in [2.24, 2.45) is 17.0 Å². The Morgan fingerprint density at radius 1 is 1.61 bits per heavy atom. The van der Waals surface area contributed by atoms with Crippen LogP contribution in [0.4, 0.5) is 0 Å². The van der Waals surface area contributed by atoms with Gasteiger partial charge in [0.2, 0.25) is 5.91 Å². The minimum absolute atomic E-state index is 0.00807. The minimum atomic E-state index is -0.863. The Hall–Kier alpha value is -1.75. The van der Waals surface area contributed by atoms with Crippen molar-refractivity contribution in [3.8, 4) is 0 Å². The molecule has 1 saturated heterocycles. The standard InChI is InChI=1S/C11H16N4O3/c12-14-13-5-7-3-10(16)15(6-7)9(4-11(17)18)8-1-2-8/h7-9H,1-6H2,(H,17,18). The summed E-state index contributed by atoms with van der Waals surface area (Å²) in [7, 11) is 0. The number of amides is 1. The summed E-state index contributed by atoms with van der Waals surface area (Å²) in [6.45, 7) is 0.829. The number of hydrogen-bond acceptors (Lipinski definition) is 3. The summed E-state index contributed by atoms with van der Waals surface area (Å²) in [5.41, 5.74) is 8.27. The zero-order valence-electron chi connectivity index (χ0n) is 10.0. The lowest BCUT2D eigenvalue weighted by Gasteiger charge is -2.27. The van der Waals surface area contributed by atoms with Gasteiger partial charge in [-0.05, 0) is 30.2 Å². The first-order valence-electron chi connectivity index (χ1n) is 6.14. The first-order valence-corrected chi connectivity index (χ1v) is 6.14. The molecule has 0 aromatic heterocycles. The van der Waals surface area contributed by atoms with E-state index >= 15 is 0 Å². The van der Waals surface area contributed by atoms with Gasteiger partial charge in [-0.25, -0.2) is 0 Å². The van der Waals surface area contributed by atoms with E-state index in [1.165, 1.54) is 0 Å². The Morgan fingerprint density at radius 2 is 2.33 bits per heavy atom. The van der Waals surface area contributed by atoms with E-state index in [-0.39, 0.29) is 24.3 Å². The molecule has 2 aliphatic rings. The van der Waals surface area contributed by atoms with Crippen molar-refractivity contribution in [3.63, 3.8) is 0 Å². The van der Waals surface area contributed by atoms with Crippen molar-refractivity contribution in [3.05, 3.63) is 10.4 Å². The van der Waals surface area contributed by atoms with E-state index in [4.69, 9.17) is 10.6 Å². The van der Waals surface area contributed by atoms with Gasteiger partial charge in [0, 0.05) is 30.5 Å². The number of azide groups is 1. The molecule has 18 heavy (non-hydrogen) atoms. The Morgan fingerprint density at radius 3 is 2.89 bits per heavy atom. The van der Waals surface area contributed by atoms with Gasteiger partial charge in [-0.1, -0.05) is 5.11 Å². The summed E-state index contributed by atoms with van der Waals surface area (Å²) in [6, 6.07) is -0.175. The molecule has 7 heteroatoms. The highest BCUT2D eigenvalue weighted by molar-refractivity contribution is 5.80. The van der Waals surface area contributed by atoms with Gasteiger partial charge in [-0.15, -0.1) is 0 Å². The Bertz CT molecular complexity index is 401. The average molecular weight is 252 g/mol. The monoisotopic (exact) mass is 252 g/mol. The van der Waals surface area contributed by atoms with Crippen LogP contribution in [0.25, 0.3) is 10.4 Å². The van der Waals surface area contributed by atoms with Crippen LogP contribution in [0.3, 0.4) is 0 Å². The first kappa shape index (κ1) is 12.7. The average Bonchev–Trinajstić information content (AvgIpc) is 3.08. The summed E-state index contributed by atoms with van der Waals surface area (Å²) in [5, 5.41) is 12.4. The summed E-state index contributed by atoms with van der Waals surface area (Å²) in [6.07, 6.45) is 2.39. The highest BCUT2D eigenvalue weighted by atomic mass is 16.4. The Kier molecular flexibility index (Phi) is 3.72. The van der Waals surface area contributed by atoms with Gasteiger partial charge in [-0.3, -0.25) is 9.59 Å². The maximum Gasteiger partial charge on any atom is 0.305 e. The maximum absolute atomic E-state index is 11.9. The maximum atomic E-state index is 11.9. The molecule has 2 atom stereocenters. The predicted octanol–water partition coefficient (Wildman–Crippen LogP) is 1.40. The zero-order valence-corrected chi connectivity index (χ0v) is 10.0. The number of carboxylic acids is 1. The molecule has 0 aromatic rings. The van der Waals surface area contributed by atoms with Crippen LogP contribution >= 0.6 is 0 Å². The zero-order chi connectivity index (χ0) is 13.1. The number of aliphatic carboxylic acids is 1. The van der Waals surface area contributed by atoms with Crippen LogP contribution in [0.1, 0.15) is 25.7 Å². The van der Waals surface area contributed by atoms with Gasteiger partial charge in [0.05, 0.1) is 6.42 Å². The quantitative estimate of drug-likeness (QED) is 0.438. The van der Waals surface area contributed by atoms with Crippen LogP contribution < -0.4 is 0 Å². The van der Waals surface area contributed by atoms with E-state index in [0.29, 0.717) is 25.4 Å². The molecule has 1 aliphatic heterocycles. The van der Waals surface area contributed by atoms with Crippen LogP contribution in [-0.2, 0) is 9.59 Å². The molecule has 2 rings (SSSR count). The summed E-state index contributed by atoms with van der Waals surface area (Å²) >= 11 is 0. The van der Waals surface area contributed by atoms with Crippen molar-refractivity contribution < 1.29 is 14.7 Å². The minimum Gasteiger partial charge on any atom is -0.481 e. The molecular weight excluding hydrogens is 236 g/mol. The number of hydrogen-bond donors (Lipinski definition) is 1. The van der Waals surface area contributed by atoms with Crippen LogP contribution in [-0.4, -0.2) is 41.0 Å². The largest absolute Gasteiger partial charge is 0.481 e. The van der Waals surface area contributed by atoms with Gasteiger partial charge in [0.25, 0.3) is 0 Å². The van der Waals surface area contributed by atoms with Crippen molar-refractivity contribution in [1.29, 1.82) is 0 Å². The van der Waals surface area contributed by atoms with Gasteiger partial charge >= 0.3 is 5.97 Å². The lowest BCUT2D eigenvalue weighted by molar-refractivity contribution is -0.140. The van der Waals surface area contributed by atoms with E-state index in [0.717, 1.165) is 12.8 Å². The van der Waals surface area contributed by atoms with E-state index in [9.17, 15) is 9.59 Å². The van der Waals surface area contributed by atoms with Gasteiger partial charge in [0.15, 0.2) is 0 Å². The molecule has 2 fully saturated rings. The Balaban J connectivity index is 1.99. The van der Waals surface area contributed by atoms with Crippen molar-refractivity contribution in [1.82, 2.24) is 4.90 Å². The molecule has 98 valence electrons. The molecular formula is C11H16N4O3. The van der Waals surface area contributed by atoms with Gasteiger partial charge in [-0.2, -0.15) is 0 Å². The lowest BCUT2D eigenvalue weighted by atomic mass is 10.1. The molecule has 1 amide bonds. The molecule has 1 aliphatic carbocycles. The second-order valence-corrected chi connectivity index (χ2v) is 5.03. The molecule has 1 saturated carbocycles.